The molecule has 0 heterocycles. The molecule has 0 atom stereocenters. The number of carboxylic acids is 1. The first kappa shape index (κ1) is 16.6. The smallest absolute Gasteiger partial charge is 0.327 e. The van der Waals surface area contributed by atoms with Crippen LogP contribution in [-0.2, 0) is 14.3 Å². The number of rotatable bonds is 6. The first-order valence-corrected chi connectivity index (χ1v) is 5.88. The molecule has 0 aromatic carbocycles. The molecule has 0 radical (unpaired) electrons. The fraction of sp³-hybridized carbons (Fsp3) is 0.692. The van der Waals surface area contributed by atoms with E-state index >= 15 is 0 Å². The number of nitrogens with one attached hydrogen (secondary N) is 1. The van der Waals surface area contributed by atoms with Crippen molar-refractivity contribution < 1.29 is 19.4 Å². The summed E-state index contributed by atoms with van der Waals surface area (Å²) in [6.07, 6.45) is 3.17. The van der Waals surface area contributed by atoms with Crippen LogP contribution in [0.1, 0.15) is 41.0 Å². The number of hydrogen-bond acceptors (Lipinski definition) is 4. The Kier molecular flexibility index (Phi) is 6.05. The summed E-state index contributed by atoms with van der Waals surface area (Å²) < 4.78 is 5.16. The first-order chi connectivity index (χ1) is 8.02. The van der Waals surface area contributed by atoms with Gasteiger partial charge in [-0.2, -0.15) is 0 Å². The van der Waals surface area contributed by atoms with Gasteiger partial charge in [-0.3, -0.25) is 4.79 Å². The SMILES string of the molecule is CC(C)(C/C=C/C(=O)O)NCC(=O)OC(C)(C)C. The molecule has 104 valence electrons. The Morgan fingerprint density at radius 1 is 1.22 bits per heavy atom. The standard InChI is InChI=1S/C13H23NO4/c1-12(2,3)18-11(17)9-14-13(4,5)8-6-7-10(15)16/h6-7,14H,8-9H2,1-5H3,(H,15,16)/b7-6+. The fourth-order valence-corrected chi connectivity index (χ4v) is 1.22. The Labute approximate surface area is 108 Å². The molecule has 0 bridgehead atoms. The van der Waals surface area contributed by atoms with E-state index in [0.717, 1.165) is 6.08 Å². The molecule has 0 fully saturated rings. The monoisotopic (exact) mass is 257 g/mol. The highest BCUT2D eigenvalue weighted by Gasteiger charge is 2.20. The molecule has 5 nitrogen and oxygen atoms in total. The number of carboxylic acid groups (broad SMARTS) is 1. The lowest BCUT2D eigenvalue weighted by Crippen LogP contribution is -2.43. The zero-order valence-corrected chi connectivity index (χ0v) is 11.7. The molecule has 0 aliphatic carbocycles. The molecule has 0 saturated heterocycles. The lowest BCUT2D eigenvalue weighted by Gasteiger charge is -2.26. The Balaban J connectivity index is 4.10. The van der Waals surface area contributed by atoms with E-state index in [1.807, 2.05) is 34.6 Å². The van der Waals surface area contributed by atoms with E-state index in [4.69, 9.17) is 9.84 Å². The Morgan fingerprint density at radius 2 is 1.78 bits per heavy atom. The van der Waals surface area contributed by atoms with E-state index in [-0.39, 0.29) is 18.1 Å². The molecule has 18 heavy (non-hydrogen) atoms. The first-order valence-electron chi connectivity index (χ1n) is 5.88. The fourth-order valence-electron chi connectivity index (χ4n) is 1.22. The largest absolute Gasteiger partial charge is 0.478 e. The van der Waals surface area contributed by atoms with E-state index in [1.54, 1.807) is 6.08 Å². The number of aliphatic carboxylic acids is 1. The van der Waals surface area contributed by atoms with Gasteiger partial charge < -0.3 is 15.2 Å². The number of hydrogen-bond donors (Lipinski definition) is 2. The zero-order valence-electron chi connectivity index (χ0n) is 11.7. The average Bonchev–Trinajstić information content (AvgIpc) is 2.11. The molecular weight excluding hydrogens is 234 g/mol. The molecule has 0 rings (SSSR count). The van der Waals surface area contributed by atoms with E-state index < -0.39 is 11.6 Å². The minimum Gasteiger partial charge on any atom is -0.478 e. The van der Waals surface area contributed by atoms with Crippen LogP contribution in [0.4, 0.5) is 0 Å². The predicted molar refractivity (Wildman–Crippen MR) is 69.3 cm³/mol. The third kappa shape index (κ3) is 9.84. The Morgan fingerprint density at radius 3 is 2.22 bits per heavy atom. The minimum atomic E-state index is -0.974. The van der Waals surface area contributed by atoms with E-state index in [9.17, 15) is 9.59 Å². The summed E-state index contributed by atoms with van der Waals surface area (Å²) in [5, 5.41) is 11.5. The molecule has 5 heteroatoms. The van der Waals surface area contributed by atoms with Crippen LogP contribution in [0, 0.1) is 0 Å². The van der Waals surface area contributed by atoms with Gasteiger partial charge in [0, 0.05) is 11.6 Å². The third-order valence-corrected chi connectivity index (χ3v) is 2.02. The molecule has 0 saturated carbocycles. The van der Waals surface area contributed by atoms with Crippen molar-refractivity contribution in [2.24, 2.45) is 0 Å². The second-order valence-corrected chi connectivity index (χ2v) is 5.77. The van der Waals surface area contributed by atoms with Crippen LogP contribution in [-0.4, -0.2) is 34.7 Å². The van der Waals surface area contributed by atoms with Gasteiger partial charge in [0.2, 0.25) is 0 Å². The van der Waals surface area contributed by atoms with Crippen LogP contribution in [0.3, 0.4) is 0 Å². The van der Waals surface area contributed by atoms with Crippen LogP contribution < -0.4 is 5.32 Å². The van der Waals surface area contributed by atoms with Crippen molar-refractivity contribution in [2.75, 3.05) is 6.54 Å². The van der Waals surface area contributed by atoms with E-state index in [2.05, 4.69) is 5.32 Å². The van der Waals surface area contributed by atoms with Crippen molar-refractivity contribution in [3.8, 4) is 0 Å². The van der Waals surface area contributed by atoms with Gasteiger partial charge in [-0.15, -0.1) is 0 Å². The molecule has 0 spiro atoms. The van der Waals surface area contributed by atoms with Crippen molar-refractivity contribution in [1.29, 1.82) is 0 Å². The van der Waals surface area contributed by atoms with Crippen molar-refractivity contribution >= 4 is 11.9 Å². The van der Waals surface area contributed by atoms with Crippen LogP contribution in [0.5, 0.6) is 0 Å². The second kappa shape index (κ2) is 6.54. The molecule has 2 N–H and O–H groups in total. The normalized spacial score (nSPS) is 12.7. The molecule has 0 unspecified atom stereocenters. The van der Waals surface area contributed by atoms with Gasteiger partial charge >= 0.3 is 11.9 Å². The summed E-state index contributed by atoms with van der Waals surface area (Å²) in [5.74, 6) is -1.30. The quantitative estimate of drug-likeness (QED) is 0.560. The highest BCUT2D eigenvalue weighted by Crippen LogP contribution is 2.10. The van der Waals surface area contributed by atoms with Crippen LogP contribution in [0.25, 0.3) is 0 Å². The average molecular weight is 257 g/mol. The number of carbonyl (C=O) groups excluding carboxylic acids is 1. The highest BCUT2D eigenvalue weighted by atomic mass is 16.6. The van der Waals surface area contributed by atoms with E-state index in [1.165, 1.54) is 0 Å². The highest BCUT2D eigenvalue weighted by molar-refractivity contribution is 5.79. The van der Waals surface area contributed by atoms with Gasteiger partial charge in [0.25, 0.3) is 0 Å². The summed E-state index contributed by atoms with van der Waals surface area (Å²) >= 11 is 0. The Bertz CT molecular complexity index is 326. The maximum atomic E-state index is 11.5. The number of carbonyl (C=O) groups is 2. The van der Waals surface area contributed by atoms with Crippen molar-refractivity contribution in [3.05, 3.63) is 12.2 Å². The zero-order chi connectivity index (χ0) is 14.4. The summed E-state index contributed by atoms with van der Waals surface area (Å²) in [7, 11) is 0. The van der Waals surface area contributed by atoms with Crippen LogP contribution >= 0.6 is 0 Å². The van der Waals surface area contributed by atoms with Gasteiger partial charge in [0.15, 0.2) is 0 Å². The maximum Gasteiger partial charge on any atom is 0.327 e. The molecule has 0 aliphatic rings. The molecule has 0 aromatic heterocycles. The molecule has 0 aromatic rings. The van der Waals surface area contributed by atoms with Crippen molar-refractivity contribution in [1.82, 2.24) is 5.32 Å². The lowest BCUT2D eigenvalue weighted by atomic mass is 10.0. The van der Waals surface area contributed by atoms with E-state index in [0.29, 0.717) is 6.42 Å². The third-order valence-electron chi connectivity index (χ3n) is 2.02. The molecular formula is C13H23NO4. The summed E-state index contributed by atoms with van der Waals surface area (Å²) in [6, 6.07) is 0. The van der Waals surface area contributed by atoms with Crippen LogP contribution in [0.2, 0.25) is 0 Å². The lowest BCUT2D eigenvalue weighted by molar-refractivity contribution is -0.154. The van der Waals surface area contributed by atoms with Gasteiger partial charge in [0.1, 0.15) is 5.60 Å². The predicted octanol–water partition coefficient (Wildman–Crippen LogP) is 1.73. The molecule has 0 aliphatic heterocycles. The summed E-state index contributed by atoms with van der Waals surface area (Å²) in [4.78, 5) is 21.8. The second-order valence-electron chi connectivity index (χ2n) is 5.77. The Hall–Kier alpha value is -1.36. The van der Waals surface area contributed by atoms with Crippen molar-refractivity contribution in [3.63, 3.8) is 0 Å². The van der Waals surface area contributed by atoms with Gasteiger partial charge in [-0.1, -0.05) is 6.08 Å². The maximum absolute atomic E-state index is 11.5. The van der Waals surface area contributed by atoms with Gasteiger partial charge in [-0.05, 0) is 41.0 Å². The van der Waals surface area contributed by atoms with Crippen molar-refractivity contribution in [2.45, 2.75) is 52.2 Å². The summed E-state index contributed by atoms with van der Waals surface area (Å²) in [5.41, 5.74) is -0.852. The molecule has 0 amide bonds. The number of esters is 1. The summed E-state index contributed by atoms with van der Waals surface area (Å²) in [6.45, 7) is 9.32. The minimum absolute atomic E-state index is 0.102. The van der Waals surface area contributed by atoms with Gasteiger partial charge in [0.05, 0.1) is 6.54 Å². The topological polar surface area (TPSA) is 75.6 Å². The number of ether oxygens (including phenoxy) is 1. The van der Waals surface area contributed by atoms with Crippen LogP contribution in [0.15, 0.2) is 12.2 Å². The van der Waals surface area contributed by atoms with Gasteiger partial charge in [-0.25, -0.2) is 4.79 Å².